The van der Waals surface area contributed by atoms with Crippen LogP contribution in [0.5, 0.6) is 17.2 Å². The average molecular weight is 399 g/mol. The molecule has 28 heavy (non-hydrogen) atoms. The molecule has 0 aliphatic carbocycles. The first kappa shape index (κ1) is 18.2. The molecule has 0 bridgehead atoms. The number of ether oxygens (including phenoxy) is 3. The quantitative estimate of drug-likeness (QED) is 0.631. The smallest absolute Gasteiger partial charge is 0.231 e. The number of rotatable bonds is 6. The molecule has 144 valence electrons. The maximum atomic E-state index is 6.17. The number of hydrogen-bond donors (Lipinski definition) is 2. The fourth-order valence-corrected chi connectivity index (χ4v) is 2.99. The highest BCUT2D eigenvalue weighted by Gasteiger charge is 2.13. The lowest BCUT2D eigenvalue weighted by molar-refractivity contribution is 0.174. The summed E-state index contributed by atoms with van der Waals surface area (Å²) < 4.78 is 16.1. The molecule has 1 aromatic heterocycles. The summed E-state index contributed by atoms with van der Waals surface area (Å²) in [6, 6.07) is 11.4. The number of aryl methyl sites for hydroxylation is 1. The van der Waals surface area contributed by atoms with Crippen molar-refractivity contribution in [3.63, 3.8) is 0 Å². The minimum absolute atomic E-state index is 0.265. The topological polar surface area (TPSA) is 77.5 Å². The summed E-state index contributed by atoms with van der Waals surface area (Å²) in [6.45, 7) is 2.79. The van der Waals surface area contributed by atoms with Crippen LogP contribution in [-0.4, -0.2) is 23.9 Å². The first-order valence-electron chi connectivity index (χ1n) is 8.68. The van der Waals surface area contributed by atoms with Gasteiger partial charge < -0.3 is 24.8 Å². The summed E-state index contributed by atoms with van der Waals surface area (Å²) in [5.41, 5.74) is 2.79. The molecule has 1 aliphatic heterocycles. The fraction of sp³-hybridized carbons (Fsp3) is 0.200. The van der Waals surface area contributed by atoms with E-state index >= 15 is 0 Å². The van der Waals surface area contributed by atoms with Crippen molar-refractivity contribution in [1.82, 2.24) is 9.97 Å². The molecule has 0 amide bonds. The van der Waals surface area contributed by atoms with Crippen LogP contribution in [-0.2, 0) is 6.54 Å². The van der Waals surface area contributed by atoms with Crippen molar-refractivity contribution in [2.45, 2.75) is 13.5 Å². The van der Waals surface area contributed by atoms with Gasteiger partial charge in [0.15, 0.2) is 11.5 Å². The van der Waals surface area contributed by atoms with Crippen LogP contribution in [0.25, 0.3) is 0 Å². The van der Waals surface area contributed by atoms with Crippen molar-refractivity contribution < 1.29 is 14.2 Å². The van der Waals surface area contributed by atoms with Gasteiger partial charge in [-0.2, -0.15) is 0 Å². The Morgan fingerprint density at radius 1 is 1.07 bits per heavy atom. The number of halogens is 1. The SMILES string of the molecule is COc1cc(Cl)c(C)cc1Nc1cc(NCc2ccc3c(c2)OCO3)ncn1. The predicted molar refractivity (Wildman–Crippen MR) is 108 cm³/mol. The third-order valence-corrected chi connectivity index (χ3v) is 4.73. The lowest BCUT2D eigenvalue weighted by Gasteiger charge is -2.13. The van der Waals surface area contributed by atoms with Crippen LogP contribution in [0.15, 0.2) is 42.7 Å². The lowest BCUT2D eigenvalue weighted by atomic mass is 10.2. The summed E-state index contributed by atoms with van der Waals surface area (Å²) in [5.74, 6) is 3.51. The van der Waals surface area contributed by atoms with Crippen LogP contribution in [0, 0.1) is 6.92 Å². The zero-order chi connectivity index (χ0) is 19.5. The van der Waals surface area contributed by atoms with Gasteiger partial charge in [-0.05, 0) is 36.2 Å². The Labute approximate surface area is 167 Å². The van der Waals surface area contributed by atoms with Gasteiger partial charge in [0.1, 0.15) is 23.7 Å². The molecule has 7 nitrogen and oxygen atoms in total. The molecule has 0 atom stereocenters. The van der Waals surface area contributed by atoms with E-state index in [9.17, 15) is 0 Å². The summed E-state index contributed by atoms with van der Waals surface area (Å²) in [5, 5.41) is 7.19. The first-order valence-corrected chi connectivity index (χ1v) is 9.06. The van der Waals surface area contributed by atoms with E-state index in [1.54, 1.807) is 13.2 Å². The molecule has 2 aromatic carbocycles. The molecule has 0 saturated carbocycles. The standard InChI is InChI=1S/C20H19ClN4O3/c1-12-5-15(17(26-2)7-14(12)21)25-20-8-19(23-10-24-20)22-9-13-3-4-16-18(6-13)28-11-27-16/h3-8,10H,9,11H2,1-2H3,(H2,22,23,24,25). The van der Waals surface area contributed by atoms with Crippen molar-refractivity contribution >= 4 is 28.9 Å². The largest absolute Gasteiger partial charge is 0.495 e. The minimum atomic E-state index is 0.265. The normalized spacial score (nSPS) is 12.0. The van der Waals surface area contributed by atoms with Crippen molar-refractivity contribution in [1.29, 1.82) is 0 Å². The monoisotopic (exact) mass is 398 g/mol. The van der Waals surface area contributed by atoms with Crippen molar-refractivity contribution in [3.8, 4) is 17.2 Å². The molecule has 0 unspecified atom stereocenters. The van der Waals surface area contributed by atoms with Gasteiger partial charge in [-0.15, -0.1) is 0 Å². The van der Waals surface area contributed by atoms with Crippen LogP contribution in [0.4, 0.5) is 17.3 Å². The molecule has 2 heterocycles. The summed E-state index contributed by atoms with van der Waals surface area (Å²) in [6.07, 6.45) is 1.50. The predicted octanol–water partition coefficient (Wildman–Crippen LogP) is 4.53. The second-order valence-corrected chi connectivity index (χ2v) is 6.66. The van der Waals surface area contributed by atoms with E-state index in [1.165, 1.54) is 6.33 Å². The van der Waals surface area contributed by atoms with Crippen LogP contribution in [0.2, 0.25) is 5.02 Å². The molecule has 1 aliphatic rings. The van der Waals surface area contributed by atoms with E-state index in [0.717, 1.165) is 28.3 Å². The molecular formula is C20H19ClN4O3. The van der Waals surface area contributed by atoms with Crippen molar-refractivity contribution in [2.24, 2.45) is 0 Å². The van der Waals surface area contributed by atoms with Crippen molar-refractivity contribution in [2.75, 3.05) is 24.5 Å². The Morgan fingerprint density at radius 3 is 2.75 bits per heavy atom. The van der Waals surface area contributed by atoms with Crippen LogP contribution in [0.1, 0.15) is 11.1 Å². The maximum Gasteiger partial charge on any atom is 0.231 e. The number of aromatic nitrogens is 2. The van der Waals surface area contributed by atoms with E-state index in [1.807, 2.05) is 37.3 Å². The number of nitrogens with zero attached hydrogens (tertiary/aromatic N) is 2. The molecule has 0 saturated heterocycles. The van der Waals surface area contributed by atoms with E-state index in [0.29, 0.717) is 29.0 Å². The van der Waals surface area contributed by atoms with Crippen LogP contribution in [0.3, 0.4) is 0 Å². The number of benzene rings is 2. The molecule has 2 N–H and O–H groups in total. The molecule has 4 rings (SSSR count). The van der Waals surface area contributed by atoms with Gasteiger partial charge in [0.2, 0.25) is 6.79 Å². The Bertz CT molecular complexity index is 1010. The molecule has 0 spiro atoms. The van der Waals surface area contributed by atoms with Gasteiger partial charge in [0, 0.05) is 23.7 Å². The number of fused-ring (bicyclic) bond motifs is 1. The second-order valence-electron chi connectivity index (χ2n) is 6.26. The molecule has 0 fully saturated rings. The summed E-state index contributed by atoms with van der Waals surface area (Å²) in [4.78, 5) is 8.55. The summed E-state index contributed by atoms with van der Waals surface area (Å²) in [7, 11) is 1.60. The highest BCUT2D eigenvalue weighted by Crippen LogP contribution is 2.34. The summed E-state index contributed by atoms with van der Waals surface area (Å²) >= 11 is 6.17. The van der Waals surface area contributed by atoms with Gasteiger partial charge in [0.05, 0.1) is 12.8 Å². The Hall–Kier alpha value is -3.19. The zero-order valence-electron chi connectivity index (χ0n) is 15.5. The number of nitrogens with one attached hydrogen (secondary N) is 2. The zero-order valence-corrected chi connectivity index (χ0v) is 16.2. The molecule has 3 aromatic rings. The Morgan fingerprint density at radius 2 is 1.89 bits per heavy atom. The average Bonchev–Trinajstić information content (AvgIpc) is 3.17. The Kier molecular flexibility index (Phi) is 5.08. The number of hydrogen-bond acceptors (Lipinski definition) is 7. The van der Waals surface area contributed by atoms with E-state index in [4.69, 9.17) is 25.8 Å². The van der Waals surface area contributed by atoms with Gasteiger partial charge in [0.25, 0.3) is 0 Å². The maximum absolute atomic E-state index is 6.17. The van der Waals surface area contributed by atoms with Gasteiger partial charge in [-0.1, -0.05) is 17.7 Å². The molecule has 8 heteroatoms. The highest BCUT2D eigenvalue weighted by atomic mass is 35.5. The van der Waals surface area contributed by atoms with Crippen molar-refractivity contribution in [3.05, 3.63) is 58.9 Å². The van der Waals surface area contributed by atoms with Gasteiger partial charge in [-0.3, -0.25) is 0 Å². The fourth-order valence-electron chi connectivity index (χ4n) is 2.83. The van der Waals surface area contributed by atoms with Gasteiger partial charge in [-0.25, -0.2) is 9.97 Å². The Balaban J connectivity index is 1.47. The lowest BCUT2D eigenvalue weighted by Crippen LogP contribution is -2.03. The third-order valence-electron chi connectivity index (χ3n) is 4.32. The second kappa shape index (κ2) is 7.82. The first-order chi connectivity index (χ1) is 13.6. The minimum Gasteiger partial charge on any atom is -0.495 e. The number of methoxy groups -OCH3 is 1. The highest BCUT2D eigenvalue weighted by molar-refractivity contribution is 6.31. The van der Waals surface area contributed by atoms with Crippen LogP contribution < -0.4 is 24.8 Å². The van der Waals surface area contributed by atoms with E-state index in [-0.39, 0.29) is 6.79 Å². The van der Waals surface area contributed by atoms with E-state index in [2.05, 4.69) is 20.6 Å². The van der Waals surface area contributed by atoms with Gasteiger partial charge >= 0.3 is 0 Å². The van der Waals surface area contributed by atoms with E-state index < -0.39 is 0 Å². The number of anilines is 3. The molecular weight excluding hydrogens is 380 g/mol. The molecule has 0 radical (unpaired) electrons. The van der Waals surface area contributed by atoms with Crippen LogP contribution >= 0.6 is 11.6 Å². The third kappa shape index (κ3) is 3.89.